The summed E-state index contributed by atoms with van der Waals surface area (Å²) in [5.41, 5.74) is -4.48. The third-order valence-corrected chi connectivity index (χ3v) is 16.5. The molecule has 6 amide bonds. The largest absolute Gasteiger partial charge is 0.522 e. The number of carbonyl (C=O) groups is 12. The van der Waals surface area contributed by atoms with Gasteiger partial charge in [-0.1, -0.05) is 56.4 Å². The van der Waals surface area contributed by atoms with Crippen molar-refractivity contribution in [3.05, 3.63) is 91.4 Å². The van der Waals surface area contributed by atoms with Crippen LogP contribution in [0.4, 0.5) is 23.4 Å². The summed E-state index contributed by atoms with van der Waals surface area (Å²) in [5.74, 6) is -9.12. The van der Waals surface area contributed by atoms with Crippen LogP contribution in [0.1, 0.15) is 128 Å². The van der Waals surface area contributed by atoms with Crippen molar-refractivity contribution in [3.63, 3.8) is 0 Å². The topological polar surface area (TPSA) is 515 Å². The highest BCUT2D eigenvalue weighted by atomic mass is 32.2. The summed E-state index contributed by atoms with van der Waals surface area (Å²) in [5, 5.41) is 69.3. The second-order valence-corrected chi connectivity index (χ2v) is 27.9. The first-order valence-electron chi connectivity index (χ1n) is 31.4. The molecule has 2 aromatic carbocycles. The quantitative estimate of drug-likeness (QED) is 0.0167. The number of phenols is 2. The van der Waals surface area contributed by atoms with Gasteiger partial charge in [0.05, 0.1) is 49.1 Å². The highest BCUT2D eigenvalue weighted by Crippen LogP contribution is 2.28. The van der Waals surface area contributed by atoms with E-state index in [9.17, 15) is 91.0 Å². The summed E-state index contributed by atoms with van der Waals surface area (Å²) in [6.45, 7) is 14.7. The number of aliphatic carboxylic acids is 1. The number of aliphatic hydroxyl groups excluding tert-OH is 1. The number of carboxylic acids is 1. The molecular weight excluding hydrogens is 1420 g/mol. The zero-order valence-corrected chi connectivity index (χ0v) is 59.8. The summed E-state index contributed by atoms with van der Waals surface area (Å²) in [7, 11) is -5.84. The Kier molecular flexibility index (Phi) is 36.4. The molecule has 8 atom stereocenters. The van der Waals surface area contributed by atoms with Crippen molar-refractivity contribution in [2.45, 2.75) is 169 Å². The number of rotatable bonds is 23. The normalized spacial score (nSPS) is 17.2. The Balaban J connectivity index is 0.000000591. The lowest BCUT2D eigenvalue weighted by Crippen LogP contribution is -2.51. The molecular formula is C63H86F3N11O22S3. The SMILES string of the molecule is CC[N+](=O)[O-].C[C@@H]1CC(=O)[C@H](C)NC(=O)[C@H](C)NC(=O)CNc2ncc(s2)Cc2cc(ccc2O)C[C@@H](C(=O)NCC(=O)O)NC1=O.C[C@H](CC(=O)CNc1ncc(CO)s1)C(=O)N[C@@H](C)C(=O)C[C@@H](C)C(=O)N[C@@H](Cc1ccc(O)cc1)C(=O)CCC(=O)OC(C)(C)C.O=S(=O)(O)C(F)(F)F. The van der Waals surface area contributed by atoms with Gasteiger partial charge in [-0.3, -0.25) is 72.2 Å². The van der Waals surface area contributed by atoms with Crippen LogP contribution in [0.25, 0.3) is 0 Å². The predicted octanol–water partition coefficient (Wildman–Crippen LogP) is 3.24. The highest BCUT2D eigenvalue weighted by molar-refractivity contribution is 7.86. The lowest BCUT2D eigenvalue weighted by atomic mass is 9.96. The molecule has 102 heavy (non-hydrogen) atoms. The molecule has 0 radical (unpaired) electrons. The molecule has 0 saturated heterocycles. The van der Waals surface area contributed by atoms with E-state index in [0.29, 0.717) is 31.8 Å². The monoisotopic (exact) mass is 1500 g/mol. The number of halogens is 3. The number of anilines is 2. The number of nitro groups is 1. The van der Waals surface area contributed by atoms with E-state index < -0.39 is 140 Å². The molecule has 5 rings (SSSR count). The molecule has 2 aromatic heterocycles. The molecule has 0 aliphatic carbocycles. The van der Waals surface area contributed by atoms with Gasteiger partial charge in [0.1, 0.15) is 35.7 Å². The van der Waals surface area contributed by atoms with Gasteiger partial charge in [0, 0.05) is 85.4 Å². The van der Waals surface area contributed by atoms with Gasteiger partial charge in [-0.15, -0.1) is 11.3 Å². The number of phenolic OH excluding ortho intramolecular Hbond substituents is 2. The standard InChI is InChI=1S/C33H46N4O9S.C27H34N6O8S.C2H5NO2.CHF3O3S/c1-19(13-24(40)16-34-32-35-17-25(18-38)47-32)30(44)36-21(3)28(42)14-20(2)31(45)37-26(15-22-7-9-23(39)10-8-22)27(41)11-12-29(43)46-33(4,5)6;1-13-6-21(35)14(2)32-25(40)15(3)31-22(36)11-30-27-29-10-18(42-27)9-17-7-16(4-5-20(17)34)8-19(33-24(13)39)26(41)28-12-23(37)38;1-2-3(4)5;2-1(3,4)8(5,6)7/h7-10,17,19-21,26,38-39H,11-16,18H2,1-6H3,(H,34,35)(H,36,44)(H,37,45);4-5,7,10,13-15,19,34H,6,8-9,11-12H2,1-3H3,(H,28,41)(H,29,30)(H,31,36)(H,32,40)(H,33,39)(H,37,38);2H2,1H3;(H,5,6,7)/t19-,20-,21+,26+;13-,14+,15+,19+;;/m11../s1. The maximum Gasteiger partial charge on any atom is 0.522 e. The van der Waals surface area contributed by atoms with Gasteiger partial charge in [0.25, 0.3) is 0 Å². The number of Topliss-reactive ketones (excluding diaryl/α,β-unsaturated/α-hetero) is 4. The number of benzene rings is 2. The van der Waals surface area contributed by atoms with Crippen LogP contribution in [0.2, 0.25) is 0 Å². The van der Waals surface area contributed by atoms with Crippen molar-refractivity contribution in [3.8, 4) is 11.5 Å². The fourth-order valence-corrected chi connectivity index (χ4v) is 9.98. The first kappa shape index (κ1) is 88.5. The predicted molar refractivity (Wildman–Crippen MR) is 362 cm³/mol. The number of ketones is 4. The molecule has 1 aliphatic rings. The number of fused-ring (bicyclic) bond motifs is 4. The number of hydrogen-bond donors (Lipinski definition) is 13. The Hall–Kier alpha value is -9.60. The number of nitrogens with zero attached hydrogens (tertiary/aromatic N) is 3. The number of esters is 1. The number of carbonyl (C=O) groups excluding carboxylic acids is 11. The first-order chi connectivity index (χ1) is 47.3. The Morgan fingerprint density at radius 2 is 1.41 bits per heavy atom. The average Bonchev–Trinajstić information content (AvgIpc) is 1.37. The number of hydrogen-bond acceptors (Lipinski definition) is 26. The van der Waals surface area contributed by atoms with Gasteiger partial charge in [-0.05, 0) is 82.9 Å². The maximum absolute atomic E-state index is 13.1. The number of nitrogens with one attached hydrogen (secondary N) is 8. The van der Waals surface area contributed by atoms with Crippen molar-refractivity contribution < 1.29 is 114 Å². The lowest BCUT2D eigenvalue weighted by molar-refractivity contribution is -0.475. The first-order valence-corrected chi connectivity index (χ1v) is 34.4. The van der Waals surface area contributed by atoms with E-state index in [-0.39, 0.29) is 99.8 Å². The Morgan fingerprint density at radius 3 is 1.98 bits per heavy atom. The molecule has 0 saturated carbocycles. The van der Waals surface area contributed by atoms with Crippen molar-refractivity contribution in [2.75, 3.05) is 36.8 Å². The number of carboxylic acid groups (broad SMARTS) is 1. The van der Waals surface area contributed by atoms with E-state index in [1.807, 2.05) is 0 Å². The molecule has 1 aliphatic heterocycles. The minimum atomic E-state index is -5.84. The average molecular weight is 1500 g/mol. The highest BCUT2D eigenvalue weighted by Gasteiger charge is 2.44. The molecule has 3 heterocycles. The van der Waals surface area contributed by atoms with Crippen LogP contribution in [0.15, 0.2) is 54.9 Å². The number of aromatic hydroxyl groups is 2. The molecule has 4 aromatic rings. The number of thiazole rings is 2. The van der Waals surface area contributed by atoms with Gasteiger partial charge < -0.3 is 67.7 Å². The number of aromatic nitrogens is 2. The van der Waals surface area contributed by atoms with Gasteiger partial charge in [0.2, 0.25) is 42.0 Å². The summed E-state index contributed by atoms with van der Waals surface area (Å²) in [4.78, 5) is 169. The van der Waals surface area contributed by atoms with Gasteiger partial charge >= 0.3 is 27.6 Å². The molecule has 564 valence electrons. The van der Waals surface area contributed by atoms with Gasteiger partial charge in [-0.2, -0.15) is 21.6 Å². The molecule has 33 nitrogen and oxygen atoms in total. The van der Waals surface area contributed by atoms with Crippen molar-refractivity contribution in [1.29, 1.82) is 0 Å². The Bertz CT molecular complexity index is 3700. The minimum absolute atomic E-state index is 0.0000679. The zero-order chi connectivity index (χ0) is 77.6. The van der Waals surface area contributed by atoms with Crippen molar-refractivity contribution >= 4 is 114 Å². The fourth-order valence-electron chi connectivity index (χ4n) is 8.48. The third-order valence-electron chi connectivity index (χ3n) is 14.1. The third kappa shape index (κ3) is 34.2. The minimum Gasteiger partial charge on any atom is -0.508 e. The lowest BCUT2D eigenvalue weighted by Gasteiger charge is -2.22. The molecule has 39 heteroatoms. The van der Waals surface area contributed by atoms with E-state index in [0.717, 1.165) is 4.88 Å². The molecule has 4 bridgehead atoms. The Morgan fingerprint density at radius 1 is 0.804 bits per heavy atom. The van der Waals surface area contributed by atoms with Crippen LogP contribution in [0, 0.1) is 27.9 Å². The summed E-state index contributed by atoms with van der Waals surface area (Å²) >= 11 is 2.47. The van der Waals surface area contributed by atoms with Crippen LogP contribution in [0.3, 0.4) is 0 Å². The van der Waals surface area contributed by atoms with Crippen LogP contribution < -0.4 is 42.5 Å². The molecule has 0 fully saturated rings. The molecule has 0 spiro atoms. The fraction of sp³-hybridized carbons (Fsp3) is 0.524. The number of alkyl halides is 3. The van der Waals surface area contributed by atoms with Crippen molar-refractivity contribution in [1.82, 2.24) is 41.9 Å². The number of amides is 6. The van der Waals surface area contributed by atoms with Crippen LogP contribution in [-0.2, 0) is 98.3 Å². The zero-order valence-electron chi connectivity index (χ0n) is 57.4. The van der Waals surface area contributed by atoms with Crippen molar-refractivity contribution in [2.24, 2.45) is 17.8 Å². The summed E-state index contributed by atoms with van der Waals surface area (Å²) in [6.07, 6.45) is 2.58. The van der Waals surface area contributed by atoms with E-state index in [1.54, 1.807) is 58.2 Å². The second kappa shape index (κ2) is 42.0. The van der Waals surface area contributed by atoms with E-state index in [2.05, 4.69) is 52.5 Å². The Labute approximate surface area is 592 Å². The smallest absolute Gasteiger partial charge is 0.508 e. The van der Waals surface area contributed by atoms with E-state index in [1.165, 1.54) is 88.6 Å². The van der Waals surface area contributed by atoms with Crippen LogP contribution >= 0.6 is 22.7 Å². The van der Waals surface area contributed by atoms with E-state index in [4.69, 9.17) is 27.9 Å². The maximum atomic E-state index is 13.1. The van der Waals surface area contributed by atoms with Gasteiger partial charge in [0.15, 0.2) is 33.4 Å². The van der Waals surface area contributed by atoms with E-state index >= 15 is 0 Å². The molecule has 13 N–H and O–H groups in total. The number of ether oxygens (including phenoxy) is 1. The molecule has 0 unspecified atom stereocenters. The second-order valence-electron chi connectivity index (χ2n) is 24.2. The van der Waals surface area contributed by atoms with Crippen LogP contribution in [-0.4, -0.2) is 186 Å². The summed E-state index contributed by atoms with van der Waals surface area (Å²) < 4.78 is 62.8. The number of aliphatic hydroxyl groups is 1. The van der Waals surface area contributed by atoms with Crippen LogP contribution in [0.5, 0.6) is 11.5 Å². The van der Waals surface area contributed by atoms with Gasteiger partial charge in [-0.25, -0.2) is 9.97 Å². The summed E-state index contributed by atoms with van der Waals surface area (Å²) in [6, 6.07) is 5.86.